The first-order valence-electron chi connectivity index (χ1n) is 4.51. The van der Waals surface area contributed by atoms with E-state index in [9.17, 15) is 5.11 Å². The van der Waals surface area contributed by atoms with E-state index in [4.69, 9.17) is 4.74 Å². The minimum Gasteiger partial charge on any atom is -0.386 e. The number of hydrogen-bond donors (Lipinski definition) is 1. The summed E-state index contributed by atoms with van der Waals surface area (Å²) in [6, 6.07) is 0. The number of rotatable bonds is 0. The van der Waals surface area contributed by atoms with E-state index in [0.29, 0.717) is 0 Å². The molecule has 0 aromatic heterocycles. The van der Waals surface area contributed by atoms with Crippen molar-refractivity contribution in [2.24, 2.45) is 0 Å². The maximum atomic E-state index is 10.2. The average molecular weight is 168 g/mol. The molecule has 0 saturated carbocycles. The van der Waals surface area contributed by atoms with Crippen molar-refractivity contribution in [3.63, 3.8) is 0 Å². The van der Waals surface area contributed by atoms with Crippen LogP contribution in [0.15, 0.2) is 11.6 Å². The molecule has 2 nitrogen and oxygen atoms in total. The van der Waals surface area contributed by atoms with Crippen molar-refractivity contribution < 1.29 is 9.84 Å². The van der Waals surface area contributed by atoms with Gasteiger partial charge >= 0.3 is 0 Å². The molecule has 68 valence electrons. The molecule has 0 aromatic carbocycles. The molecule has 0 radical (unpaired) electrons. The molecule has 1 aliphatic carbocycles. The van der Waals surface area contributed by atoms with Crippen LogP contribution in [0.2, 0.25) is 0 Å². The van der Waals surface area contributed by atoms with Crippen LogP contribution in [-0.2, 0) is 4.74 Å². The van der Waals surface area contributed by atoms with Crippen LogP contribution in [0.25, 0.3) is 0 Å². The lowest BCUT2D eigenvalue weighted by atomic mass is 9.78. The summed E-state index contributed by atoms with van der Waals surface area (Å²) < 4.78 is 5.77. The van der Waals surface area contributed by atoms with E-state index in [-0.39, 0.29) is 11.7 Å². The van der Waals surface area contributed by atoms with Gasteiger partial charge in [-0.15, -0.1) is 0 Å². The molecule has 1 aliphatic heterocycles. The molecule has 2 atom stereocenters. The van der Waals surface area contributed by atoms with Crippen LogP contribution in [0.1, 0.15) is 33.6 Å². The molecular weight excluding hydrogens is 152 g/mol. The summed E-state index contributed by atoms with van der Waals surface area (Å²) in [4.78, 5) is 0. The predicted molar refractivity (Wildman–Crippen MR) is 46.9 cm³/mol. The van der Waals surface area contributed by atoms with Crippen LogP contribution < -0.4 is 0 Å². The second-order valence-corrected chi connectivity index (χ2v) is 4.50. The van der Waals surface area contributed by atoms with E-state index in [1.165, 1.54) is 5.57 Å². The van der Waals surface area contributed by atoms with Gasteiger partial charge in [-0.2, -0.15) is 0 Å². The van der Waals surface area contributed by atoms with Crippen LogP contribution in [0.5, 0.6) is 0 Å². The van der Waals surface area contributed by atoms with Crippen LogP contribution in [0.4, 0.5) is 0 Å². The van der Waals surface area contributed by atoms with E-state index >= 15 is 0 Å². The number of fused-ring (bicyclic) bond motifs is 2. The summed E-state index contributed by atoms with van der Waals surface area (Å²) >= 11 is 0. The van der Waals surface area contributed by atoms with Crippen molar-refractivity contribution in [2.45, 2.75) is 50.9 Å². The minimum absolute atomic E-state index is 0.152. The van der Waals surface area contributed by atoms with Crippen molar-refractivity contribution in [1.82, 2.24) is 0 Å². The highest BCUT2D eigenvalue weighted by Crippen LogP contribution is 2.47. The Morgan fingerprint density at radius 1 is 1.58 bits per heavy atom. The fourth-order valence-electron chi connectivity index (χ4n) is 2.10. The molecule has 2 bridgehead atoms. The smallest absolute Gasteiger partial charge is 0.0993 e. The molecule has 2 aliphatic rings. The molecule has 2 rings (SSSR count). The lowest BCUT2D eigenvalue weighted by molar-refractivity contribution is -0.0994. The third-order valence-corrected chi connectivity index (χ3v) is 3.35. The van der Waals surface area contributed by atoms with Crippen molar-refractivity contribution in [2.75, 3.05) is 0 Å². The molecule has 1 fully saturated rings. The zero-order valence-electron chi connectivity index (χ0n) is 7.92. The Hall–Kier alpha value is -0.340. The van der Waals surface area contributed by atoms with Crippen LogP contribution in [0, 0.1) is 0 Å². The zero-order valence-corrected chi connectivity index (χ0v) is 7.92. The second-order valence-electron chi connectivity index (χ2n) is 4.50. The first-order valence-corrected chi connectivity index (χ1v) is 4.51. The van der Waals surface area contributed by atoms with Gasteiger partial charge in [0.2, 0.25) is 0 Å². The van der Waals surface area contributed by atoms with E-state index in [0.717, 1.165) is 12.8 Å². The summed E-state index contributed by atoms with van der Waals surface area (Å²) in [5.74, 6) is 0. The van der Waals surface area contributed by atoms with Crippen molar-refractivity contribution >= 4 is 0 Å². The Balaban J connectivity index is 2.36. The fraction of sp³-hybridized carbons (Fsp3) is 0.800. The molecule has 1 N–H and O–H groups in total. The SMILES string of the molecule is CC1=CCC2(O)CC1OC2(C)C. The first-order chi connectivity index (χ1) is 5.45. The monoisotopic (exact) mass is 168 g/mol. The van der Waals surface area contributed by atoms with Gasteiger partial charge in [-0.25, -0.2) is 0 Å². The third kappa shape index (κ3) is 0.882. The topological polar surface area (TPSA) is 29.5 Å². The number of hydrogen-bond acceptors (Lipinski definition) is 2. The van der Waals surface area contributed by atoms with E-state index in [2.05, 4.69) is 13.0 Å². The molecule has 12 heavy (non-hydrogen) atoms. The van der Waals surface area contributed by atoms with Gasteiger partial charge in [0.15, 0.2) is 0 Å². The highest BCUT2D eigenvalue weighted by molar-refractivity contribution is 5.22. The lowest BCUT2D eigenvalue weighted by Gasteiger charge is -2.34. The Bertz CT molecular complexity index is 240. The van der Waals surface area contributed by atoms with Gasteiger partial charge in [0, 0.05) is 6.42 Å². The van der Waals surface area contributed by atoms with Gasteiger partial charge in [0.1, 0.15) is 0 Å². The second kappa shape index (κ2) is 2.12. The minimum atomic E-state index is -0.628. The molecule has 2 heteroatoms. The average Bonchev–Trinajstić information content (AvgIpc) is 2.14. The van der Waals surface area contributed by atoms with Crippen molar-refractivity contribution in [3.8, 4) is 0 Å². The van der Waals surface area contributed by atoms with Gasteiger partial charge in [0.05, 0.1) is 17.3 Å². The van der Waals surface area contributed by atoms with Crippen molar-refractivity contribution in [1.29, 1.82) is 0 Å². The summed E-state index contributed by atoms with van der Waals surface area (Å²) in [6.45, 7) is 6.02. The molecular formula is C10H16O2. The molecule has 2 unspecified atom stereocenters. The van der Waals surface area contributed by atoms with E-state index in [1.54, 1.807) is 0 Å². The molecule has 1 heterocycles. The van der Waals surface area contributed by atoms with Crippen molar-refractivity contribution in [3.05, 3.63) is 11.6 Å². The Morgan fingerprint density at radius 3 is 2.83 bits per heavy atom. The van der Waals surface area contributed by atoms with Gasteiger partial charge < -0.3 is 9.84 Å². The number of ether oxygens (including phenoxy) is 1. The van der Waals surface area contributed by atoms with Gasteiger partial charge in [-0.05, 0) is 32.8 Å². The summed E-state index contributed by atoms with van der Waals surface area (Å²) in [5.41, 5.74) is 0.258. The summed E-state index contributed by atoms with van der Waals surface area (Å²) in [5, 5.41) is 10.2. The zero-order chi connectivity index (χ0) is 8.98. The third-order valence-electron chi connectivity index (χ3n) is 3.35. The largest absolute Gasteiger partial charge is 0.386 e. The number of aliphatic hydroxyl groups is 1. The van der Waals surface area contributed by atoms with Gasteiger partial charge in [0.25, 0.3) is 0 Å². The predicted octanol–water partition coefficient (Wildman–Crippen LogP) is 1.64. The van der Waals surface area contributed by atoms with Crippen LogP contribution >= 0.6 is 0 Å². The maximum Gasteiger partial charge on any atom is 0.0993 e. The fourth-order valence-corrected chi connectivity index (χ4v) is 2.10. The summed E-state index contributed by atoms with van der Waals surface area (Å²) in [6.07, 6.45) is 3.76. The normalized spacial score (nSPS) is 44.3. The molecule has 0 spiro atoms. The highest BCUT2D eigenvalue weighted by atomic mass is 16.5. The van der Waals surface area contributed by atoms with E-state index < -0.39 is 5.60 Å². The van der Waals surface area contributed by atoms with Crippen LogP contribution in [-0.4, -0.2) is 22.4 Å². The highest BCUT2D eigenvalue weighted by Gasteiger charge is 2.54. The molecule has 0 aromatic rings. The van der Waals surface area contributed by atoms with E-state index in [1.807, 2.05) is 13.8 Å². The summed E-state index contributed by atoms with van der Waals surface area (Å²) in [7, 11) is 0. The standard InChI is InChI=1S/C10H16O2/c1-7-4-5-10(11)6-8(7)12-9(10,2)3/h4,8,11H,5-6H2,1-3H3. The molecule has 1 saturated heterocycles. The van der Waals surface area contributed by atoms with Crippen LogP contribution in [0.3, 0.4) is 0 Å². The van der Waals surface area contributed by atoms with Gasteiger partial charge in [-0.3, -0.25) is 0 Å². The maximum absolute atomic E-state index is 10.2. The Labute approximate surface area is 73.2 Å². The molecule has 0 amide bonds. The Kier molecular flexibility index (Phi) is 1.46. The first kappa shape index (κ1) is 8.27. The Morgan fingerprint density at radius 2 is 2.25 bits per heavy atom. The lowest BCUT2D eigenvalue weighted by Crippen LogP contribution is -2.45. The quantitative estimate of drug-likeness (QED) is 0.557. The van der Waals surface area contributed by atoms with Gasteiger partial charge in [-0.1, -0.05) is 6.08 Å².